The third-order valence-corrected chi connectivity index (χ3v) is 5.47. The molecule has 1 aliphatic heterocycles. The molecule has 5 nitrogen and oxygen atoms in total. The minimum absolute atomic E-state index is 0.134. The normalized spacial score (nSPS) is 23.3. The lowest BCUT2D eigenvalue weighted by Gasteiger charge is -2.40. The maximum Gasteiger partial charge on any atom is 0.303 e. The van der Waals surface area contributed by atoms with E-state index in [1.807, 2.05) is 13.0 Å². The molecule has 132 valence electrons. The maximum atomic E-state index is 10.8. The van der Waals surface area contributed by atoms with Crippen LogP contribution < -0.4 is 0 Å². The highest BCUT2D eigenvalue weighted by Gasteiger charge is 2.28. The number of nitrogens with zero attached hydrogens (tertiary/aromatic N) is 3. The second kappa shape index (κ2) is 8.06. The van der Waals surface area contributed by atoms with Crippen LogP contribution in [0.5, 0.6) is 0 Å². The standard InChI is InChI=1S/C19H29N3O2/c1-14-20-16(9-10-19(23)24)12-18(21-14)15-6-5-11-22(13-15)17-7-3-2-4-8-17/h12,15,17H,2-11,13H2,1H3,(H,23,24)/t15-/m0/s1. The monoisotopic (exact) mass is 331 g/mol. The zero-order chi connectivity index (χ0) is 16.9. The molecule has 0 radical (unpaired) electrons. The molecule has 24 heavy (non-hydrogen) atoms. The van der Waals surface area contributed by atoms with Gasteiger partial charge in [-0.15, -0.1) is 0 Å². The summed E-state index contributed by atoms with van der Waals surface area (Å²) < 4.78 is 0. The first-order valence-corrected chi connectivity index (χ1v) is 9.42. The van der Waals surface area contributed by atoms with E-state index in [2.05, 4.69) is 14.9 Å². The molecule has 0 bridgehead atoms. The Balaban J connectivity index is 1.69. The first-order valence-electron chi connectivity index (χ1n) is 9.42. The predicted octanol–water partition coefficient (Wildman–Crippen LogP) is 3.31. The molecule has 2 fully saturated rings. The summed E-state index contributed by atoms with van der Waals surface area (Å²) in [6.45, 7) is 4.23. The minimum atomic E-state index is -0.769. The summed E-state index contributed by atoms with van der Waals surface area (Å²) in [7, 11) is 0. The Kier molecular flexibility index (Phi) is 5.82. The van der Waals surface area contributed by atoms with Crippen molar-refractivity contribution in [2.24, 2.45) is 0 Å². The Morgan fingerprint density at radius 3 is 2.75 bits per heavy atom. The van der Waals surface area contributed by atoms with Crippen LogP contribution in [-0.2, 0) is 11.2 Å². The second-order valence-corrected chi connectivity index (χ2v) is 7.35. The zero-order valence-electron chi connectivity index (χ0n) is 14.7. The topological polar surface area (TPSA) is 66.3 Å². The van der Waals surface area contributed by atoms with Gasteiger partial charge in [0.05, 0.1) is 6.42 Å². The third-order valence-electron chi connectivity index (χ3n) is 5.47. The molecule has 0 aromatic carbocycles. The van der Waals surface area contributed by atoms with Gasteiger partial charge in [0, 0.05) is 36.3 Å². The van der Waals surface area contributed by atoms with Crippen LogP contribution in [0.3, 0.4) is 0 Å². The van der Waals surface area contributed by atoms with Crippen LogP contribution >= 0.6 is 0 Å². The van der Waals surface area contributed by atoms with Crippen LogP contribution in [0.15, 0.2) is 6.07 Å². The van der Waals surface area contributed by atoms with Gasteiger partial charge in [0.1, 0.15) is 5.82 Å². The Labute approximate surface area is 144 Å². The van der Waals surface area contributed by atoms with Crippen LogP contribution in [0.25, 0.3) is 0 Å². The van der Waals surface area contributed by atoms with E-state index in [1.54, 1.807) is 0 Å². The van der Waals surface area contributed by atoms with E-state index in [4.69, 9.17) is 5.11 Å². The van der Waals surface area contributed by atoms with Gasteiger partial charge in [-0.3, -0.25) is 9.69 Å². The highest BCUT2D eigenvalue weighted by molar-refractivity contribution is 5.66. The lowest BCUT2D eigenvalue weighted by atomic mass is 9.88. The molecule has 0 unspecified atom stereocenters. The van der Waals surface area contributed by atoms with Crippen molar-refractivity contribution in [2.45, 2.75) is 76.7 Å². The lowest BCUT2D eigenvalue weighted by Crippen LogP contribution is -2.43. The second-order valence-electron chi connectivity index (χ2n) is 7.35. The maximum absolute atomic E-state index is 10.8. The van der Waals surface area contributed by atoms with Crippen molar-refractivity contribution in [3.63, 3.8) is 0 Å². The highest BCUT2D eigenvalue weighted by Crippen LogP contribution is 2.31. The van der Waals surface area contributed by atoms with Crippen molar-refractivity contribution in [3.8, 4) is 0 Å². The average Bonchev–Trinajstić information content (AvgIpc) is 2.60. The summed E-state index contributed by atoms with van der Waals surface area (Å²) in [4.78, 5) is 22.6. The van der Waals surface area contributed by atoms with E-state index < -0.39 is 5.97 Å². The number of aliphatic carboxylic acids is 1. The number of carboxylic acid groups (broad SMARTS) is 1. The number of rotatable bonds is 5. The Morgan fingerprint density at radius 2 is 2.00 bits per heavy atom. The summed E-state index contributed by atoms with van der Waals surface area (Å²) in [6, 6.07) is 2.81. The fourth-order valence-corrected chi connectivity index (χ4v) is 4.25. The number of hydrogen-bond donors (Lipinski definition) is 1. The number of aryl methyl sites for hydroxylation is 2. The van der Waals surface area contributed by atoms with E-state index in [0.717, 1.165) is 29.8 Å². The fourth-order valence-electron chi connectivity index (χ4n) is 4.25. The van der Waals surface area contributed by atoms with Gasteiger partial charge in [-0.25, -0.2) is 9.97 Å². The summed E-state index contributed by atoms with van der Waals surface area (Å²) in [5.74, 6) is 0.461. The fraction of sp³-hybridized carbons (Fsp3) is 0.737. The summed E-state index contributed by atoms with van der Waals surface area (Å²) in [6.07, 6.45) is 9.87. The quantitative estimate of drug-likeness (QED) is 0.896. The van der Waals surface area contributed by atoms with Crippen LogP contribution in [0.2, 0.25) is 0 Å². The SMILES string of the molecule is Cc1nc(CCC(=O)O)cc([C@H]2CCCN(C3CCCCC3)C2)n1. The first kappa shape index (κ1) is 17.3. The largest absolute Gasteiger partial charge is 0.481 e. The van der Waals surface area contributed by atoms with Crippen molar-refractivity contribution in [1.29, 1.82) is 0 Å². The molecule has 3 rings (SSSR count). The van der Waals surface area contributed by atoms with Crippen molar-refractivity contribution in [1.82, 2.24) is 14.9 Å². The predicted molar refractivity (Wildman–Crippen MR) is 93.1 cm³/mol. The van der Waals surface area contributed by atoms with Gasteiger partial charge in [-0.1, -0.05) is 19.3 Å². The number of carbonyl (C=O) groups is 1. The Bertz CT molecular complexity index is 570. The molecule has 0 amide bonds. The molecule has 0 spiro atoms. The Morgan fingerprint density at radius 1 is 1.21 bits per heavy atom. The molecule has 2 aliphatic rings. The van der Waals surface area contributed by atoms with E-state index >= 15 is 0 Å². The highest BCUT2D eigenvalue weighted by atomic mass is 16.4. The average molecular weight is 331 g/mol. The van der Waals surface area contributed by atoms with Gasteiger partial charge in [-0.05, 0) is 45.2 Å². The zero-order valence-corrected chi connectivity index (χ0v) is 14.7. The van der Waals surface area contributed by atoms with Crippen LogP contribution in [0.4, 0.5) is 0 Å². The number of aromatic nitrogens is 2. The molecule has 1 aromatic heterocycles. The van der Waals surface area contributed by atoms with Gasteiger partial charge in [-0.2, -0.15) is 0 Å². The number of piperidine rings is 1. The smallest absolute Gasteiger partial charge is 0.303 e. The molecule has 1 atom stereocenters. The molecule has 1 N–H and O–H groups in total. The minimum Gasteiger partial charge on any atom is -0.481 e. The number of carboxylic acids is 1. The summed E-state index contributed by atoms with van der Waals surface area (Å²) in [5, 5.41) is 8.89. The van der Waals surface area contributed by atoms with Crippen molar-refractivity contribution >= 4 is 5.97 Å². The molecular weight excluding hydrogens is 302 g/mol. The summed E-state index contributed by atoms with van der Waals surface area (Å²) in [5.41, 5.74) is 1.98. The molecule has 1 aliphatic carbocycles. The molecule has 1 aromatic rings. The third kappa shape index (κ3) is 4.53. The van der Waals surface area contributed by atoms with Crippen molar-refractivity contribution in [3.05, 3.63) is 23.3 Å². The van der Waals surface area contributed by atoms with Crippen LogP contribution in [-0.4, -0.2) is 45.1 Å². The van der Waals surface area contributed by atoms with Gasteiger partial charge >= 0.3 is 5.97 Å². The van der Waals surface area contributed by atoms with E-state index in [9.17, 15) is 4.79 Å². The first-order chi connectivity index (χ1) is 11.6. The van der Waals surface area contributed by atoms with Gasteiger partial charge in [0.15, 0.2) is 0 Å². The van der Waals surface area contributed by atoms with E-state index in [0.29, 0.717) is 12.3 Å². The molecule has 5 heteroatoms. The van der Waals surface area contributed by atoms with E-state index in [-0.39, 0.29) is 6.42 Å². The van der Waals surface area contributed by atoms with Gasteiger partial charge < -0.3 is 5.11 Å². The molecule has 1 saturated heterocycles. The Hall–Kier alpha value is -1.49. The molecule has 1 saturated carbocycles. The van der Waals surface area contributed by atoms with E-state index in [1.165, 1.54) is 51.5 Å². The van der Waals surface area contributed by atoms with Crippen molar-refractivity contribution < 1.29 is 9.90 Å². The lowest BCUT2D eigenvalue weighted by molar-refractivity contribution is -0.136. The number of hydrogen-bond acceptors (Lipinski definition) is 4. The van der Waals surface area contributed by atoms with Gasteiger partial charge in [0.2, 0.25) is 0 Å². The molecule has 2 heterocycles. The van der Waals surface area contributed by atoms with Crippen molar-refractivity contribution in [2.75, 3.05) is 13.1 Å². The van der Waals surface area contributed by atoms with Gasteiger partial charge in [0.25, 0.3) is 0 Å². The number of likely N-dealkylation sites (tertiary alicyclic amines) is 1. The summed E-state index contributed by atoms with van der Waals surface area (Å²) >= 11 is 0. The van der Waals surface area contributed by atoms with Crippen LogP contribution in [0.1, 0.15) is 74.5 Å². The van der Waals surface area contributed by atoms with Crippen LogP contribution in [0, 0.1) is 6.92 Å². The molecular formula is C19H29N3O2.